The number of carbonyl (C=O) groups excluding carboxylic acids is 1. The van der Waals surface area contributed by atoms with Crippen LogP contribution >= 0.6 is 11.3 Å². The smallest absolute Gasteiger partial charge is 0.410 e. The van der Waals surface area contributed by atoms with Crippen LogP contribution in [0.15, 0.2) is 16.7 Å². The van der Waals surface area contributed by atoms with Crippen LogP contribution in [0.1, 0.15) is 75.3 Å². The monoisotopic (exact) mass is 689 g/mol. The minimum absolute atomic E-state index is 0.281. The van der Waals surface area contributed by atoms with Crippen LogP contribution in [-0.2, 0) is 21.3 Å². The summed E-state index contributed by atoms with van der Waals surface area (Å²) in [5.74, 6) is 1.78. The molecule has 0 spiro atoms. The van der Waals surface area contributed by atoms with Crippen LogP contribution in [0.5, 0.6) is 0 Å². The molecule has 13 nitrogen and oxygen atoms in total. The number of ether oxygens (including phenoxy) is 2. The molecule has 0 aromatic carbocycles. The van der Waals surface area contributed by atoms with E-state index in [0.717, 1.165) is 93.4 Å². The molecule has 4 aliphatic rings. The van der Waals surface area contributed by atoms with E-state index in [4.69, 9.17) is 29.7 Å². The quantitative estimate of drug-likeness (QED) is 0.397. The molecule has 1 aliphatic carbocycles. The fourth-order valence-electron chi connectivity index (χ4n) is 7.70. The SMILES string of the molecule is CC(C)(C)OC(=O)N1CCN(c2cc(-c3noc(C4(C)CCCc5sc(N)c(C#N)c54)n3)nc(N3CCC(N4CCOCC4)CC3)c2)CC1. The van der Waals surface area contributed by atoms with E-state index < -0.39 is 11.0 Å². The van der Waals surface area contributed by atoms with E-state index in [1.54, 1.807) is 4.90 Å². The van der Waals surface area contributed by atoms with Gasteiger partial charge in [0.15, 0.2) is 0 Å². The number of amides is 1. The predicted octanol–water partition coefficient (Wildman–Crippen LogP) is 4.65. The molecular formula is C35H47N9O4S. The van der Waals surface area contributed by atoms with Crippen molar-refractivity contribution in [3.05, 3.63) is 34.0 Å². The van der Waals surface area contributed by atoms with Crippen LogP contribution in [0.2, 0.25) is 0 Å². The predicted molar refractivity (Wildman–Crippen MR) is 188 cm³/mol. The summed E-state index contributed by atoms with van der Waals surface area (Å²) < 4.78 is 17.2. The van der Waals surface area contributed by atoms with E-state index in [2.05, 4.69) is 38.9 Å². The van der Waals surface area contributed by atoms with E-state index in [-0.39, 0.29) is 6.09 Å². The Bertz CT molecular complexity index is 1710. The molecule has 49 heavy (non-hydrogen) atoms. The Morgan fingerprint density at radius 2 is 1.80 bits per heavy atom. The van der Waals surface area contributed by atoms with Gasteiger partial charge in [0.2, 0.25) is 11.7 Å². The highest BCUT2D eigenvalue weighted by Crippen LogP contribution is 2.48. The molecule has 3 aliphatic heterocycles. The average Bonchev–Trinajstić information content (AvgIpc) is 3.74. The van der Waals surface area contributed by atoms with Crippen LogP contribution in [-0.4, -0.2) is 108 Å². The molecule has 2 N–H and O–H groups in total. The Morgan fingerprint density at radius 1 is 1.06 bits per heavy atom. The summed E-state index contributed by atoms with van der Waals surface area (Å²) >= 11 is 1.49. The molecule has 1 unspecified atom stereocenters. The second kappa shape index (κ2) is 13.4. The number of thiophene rings is 1. The maximum absolute atomic E-state index is 12.8. The minimum Gasteiger partial charge on any atom is -0.444 e. The Morgan fingerprint density at radius 3 is 2.49 bits per heavy atom. The van der Waals surface area contributed by atoms with Gasteiger partial charge in [-0.2, -0.15) is 10.2 Å². The van der Waals surface area contributed by atoms with Crippen molar-refractivity contribution in [1.82, 2.24) is 24.9 Å². The van der Waals surface area contributed by atoms with Crippen LogP contribution in [0, 0.1) is 11.3 Å². The third kappa shape index (κ3) is 6.80. The summed E-state index contributed by atoms with van der Waals surface area (Å²) in [6, 6.07) is 7.06. The van der Waals surface area contributed by atoms with Crippen LogP contribution in [0.3, 0.4) is 0 Å². The summed E-state index contributed by atoms with van der Waals surface area (Å²) in [4.78, 5) is 33.0. The summed E-state index contributed by atoms with van der Waals surface area (Å²) in [5, 5.41) is 15.0. The molecule has 0 saturated carbocycles. The van der Waals surface area contributed by atoms with Crippen molar-refractivity contribution in [3.63, 3.8) is 0 Å². The highest BCUT2D eigenvalue weighted by atomic mass is 32.1. The number of hydrogen-bond acceptors (Lipinski definition) is 13. The summed E-state index contributed by atoms with van der Waals surface area (Å²) in [5.41, 5.74) is 8.22. The molecule has 262 valence electrons. The second-order valence-electron chi connectivity index (χ2n) is 14.7. The zero-order chi connectivity index (χ0) is 34.3. The van der Waals surface area contributed by atoms with Crippen LogP contribution < -0.4 is 15.5 Å². The van der Waals surface area contributed by atoms with Gasteiger partial charge >= 0.3 is 6.09 Å². The summed E-state index contributed by atoms with van der Waals surface area (Å²) in [6.45, 7) is 15.6. The number of morpholine rings is 1. The molecule has 3 saturated heterocycles. The van der Waals surface area contributed by atoms with E-state index in [1.807, 2.05) is 26.8 Å². The molecule has 3 fully saturated rings. The molecule has 1 atom stereocenters. The molecule has 6 heterocycles. The topological polar surface area (TPSA) is 150 Å². The number of nitriles is 1. The Labute approximate surface area is 291 Å². The number of hydrogen-bond donors (Lipinski definition) is 1. The van der Waals surface area contributed by atoms with Gasteiger partial charge in [-0.1, -0.05) is 5.16 Å². The minimum atomic E-state index is -0.613. The number of rotatable bonds is 5. The van der Waals surface area contributed by atoms with Gasteiger partial charge in [0.1, 0.15) is 28.2 Å². The molecule has 1 amide bonds. The van der Waals surface area contributed by atoms with Gasteiger partial charge in [-0.3, -0.25) is 4.90 Å². The van der Waals surface area contributed by atoms with Crippen molar-refractivity contribution < 1.29 is 18.8 Å². The fraction of sp³-hybridized carbons (Fsp3) is 0.629. The first-order valence-corrected chi connectivity index (χ1v) is 18.3. The number of nitrogens with two attached hydrogens (primary N) is 1. The number of nitrogen functional groups attached to an aromatic ring is 1. The first-order valence-electron chi connectivity index (χ1n) is 17.5. The number of aromatic nitrogens is 3. The largest absolute Gasteiger partial charge is 0.444 e. The number of pyridine rings is 1. The number of piperidine rings is 1. The maximum atomic E-state index is 12.8. The van der Waals surface area contributed by atoms with Gasteiger partial charge in [0.25, 0.3) is 0 Å². The number of nitrogens with zero attached hydrogens (tertiary/aromatic N) is 8. The van der Waals surface area contributed by atoms with Gasteiger partial charge in [0.05, 0.1) is 24.2 Å². The molecule has 0 bridgehead atoms. The normalized spacial score (nSPS) is 22.6. The molecule has 3 aromatic rings. The first kappa shape index (κ1) is 33.6. The zero-order valence-electron chi connectivity index (χ0n) is 29.0. The van der Waals surface area contributed by atoms with Gasteiger partial charge in [0, 0.05) is 80.6 Å². The average molecular weight is 690 g/mol. The van der Waals surface area contributed by atoms with Crippen LogP contribution in [0.4, 0.5) is 21.3 Å². The van der Waals surface area contributed by atoms with E-state index in [0.29, 0.717) is 60.2 Å². The highest BCUT2D eigenvalue weighted by Gasteiger charge is 2.43. The number of piperazine rings is 1. The number of aryl methyl sites for hydroxylation is 1. The summed E-state index contributed by atoms with van der Waals surface area (Å²) in [6.07, 6.45) is 4.46. The molecule has 0 radical (unpaired) electrons. The zero-order valence-corrected chi connectivity index (χ0v) is 29.9. The van der Waals surface area contributed by atoms with E-state index in [1.165, 1.54) is 11.3 Å². The van der Waals surface area contributed by atoms with Gasteiger partial charge < -0.3 is 34.4 Å². The van der Waals surface area contributed by atoms with Crippen LogP contribution in [0.25, 0.3) is 11.5 Å². The van der Waals surface area contributed by atoms with Gasteiger partial charge in [-0.15, -0.1) is 11.3 Å². The molecule has 3 aromatic heterocycles. The van der Waals surface area contributed by atoms with Crippen molar-refractivity contribution in [1.29, 1.82) is 5.26 Å². The Hall–Kier alpha value is -3.93. The fourth-order valence-corrected chi connectivity index (χ4v) is 8.89. The standard InChI is InChI=1S/C35H47N9O4S/c1-34(2,3)47-33(45)44-14-12-41(13-15-44)24-20-26(38-28(21-24)43-10-7-23(8-11-43)42-16-18-46-19-17-42)31-39-32(48-40-31)35(4)9-5-6-27-29(35)25(22-36)30(37)49-27/h20-21,23H,5-19,37H2,1-4H3. The molecular weight excluding hydrogens is 643 g/mol. The van der Waals surface area contributed by atoms with E-state index in [9.17, 15) is 10.1 Å². The van der Waals surface area contributed by atoms with Gasteiger partial charge in [-0.05, 0) is 65.9 Å². The third-order valence-corrected chi connectivity index (χ3v) is 11.4. The van der Waals surface area contributed by atoms with Crippen molar-refractivity contribution >= 4 is 33.9 Å². The third-order valence-electron chi connectivity index (χ3n) is 10.3. The molecule has 14 heteroatoms. The summed E-state index contributed by atoms with van der Waals surface area (Å²) in [7, 11) is 0. The lowest BCUT2D eigenvalue weighted by molar-refractivity contribution is 0.0115. The lowest BCUT2D eigenvalue weighted by Crippen LogP contribution is -2.50. The molecule has 7 rings (SSSR count). The maximum Gasteiger partial charge on any atom is 0.410 e. The number of carbonyl (C=O) groups is 1. The second-order valence-corrected chi connectivity index (χ2v) is 15.9. The van der Waals surface area contributed by atoms with Crippen molar-refractivity contribution in [2.24, 2.45) is 0 Å². The Kier molecular flexibility index (Phi) is 9.19. The number of anilines is 3. The lowest BCUT2D eigenvalue weighted by Gasteiger charge is -2.41. The highest BCUT2D eigenvalue weighted by molar-refractivity contribution is 7.16. The van der Waals surface area contributed by atoms with Crippen molar-refractivity contribution in [2.45, 2.75) is 76.9 Å². The van der Waals surface area contributed by atoms with Gasteiger partial charge in [-0.25, -0.2) is 9.78 Å². The lowest BCUT2D eigenvalue weighted by atomic mass is 9.72. The van der Waals surface area contributed by atoms with E-state index >= 15 is 0 Å². The van der Waals surface area contributed by atoms with Crippen molar-refractivity contribution in [2.75, 3.05) is 81.1 Å². The number of fused-ring (bicyclic) bond motifs is 1. The van der Waals surface area contributed by atoms with Crippen molar-refractivity contribution in [3.8, 4) is 17.6 Å². The Balaban J connectivity index is 1.17. The first-order chi connectivity index (χ1) is 23.5.